The van der Waals surface area contributed by atoms with E-state index in [-0.39, 0.29) is 17.3 Å². The quantitative estimate of drug-likeness (QED) is 0.405. The van der Waals surface area contributed by atoms with Gasteiger partial charge in [-0.1, -0.05) is 17.2 Å². The van der Waals surface area contributed by atoms with Crippen LogP contribution < -0.4 is 15.4 Å². The van der Waals surface area contributed by atoms with Crippen molar-refractivity contribution in [1.29, 1.82) is 0 Å². The van der Waals surface area contributed by atoms with Gasteiger partial charge in [-0.3, -0.25) is 9.89 Å². The van der Waals surface area contributed by atoms with Crippen LogP contribution in [0, 0.1) is 0 Å². The zero-order valence-electron chi connectivity index (χ0n) is 17.6. The number of nitrogens with one attached hydrogen (secondary N) is 2. The van der Waals surface area contributed by atoms with Crippen LogP contribution in [0.1, 0.15) is 6.92 Å². The maximum atomic E-state index is 13.0. The van der Waals surface area contributed by atoms with Gasteiger partial charge in [-0.2, -0.15) is 5.10 Å². The molecule has 33 heavy (non-hydrogen) atoms. The van der Waals surface area contributed by atoms with E-state index in [0.717, 1.165) is 16.6 Å². The molecule has 0 radical (unpaired) electrons. The normalized spacial score (nSPS) is 14.0. The second kappa shape index (κ2) is 7.50. The number of nitrogens with two attached hydrogens (primary N) is 1. The Morgan fingerprint density at radius 3 is 2.67 bits per heavy atom. The van der Waals surface area contributed by atoms with Gasteiger partial charge < -0.3 is 10.2 Å². The first kappa shape index (κ1) is 20.8. The van der Waals surface area contributed by atoms with Gasteiger partial charge in [0.25, 0.3) is 5.91 Å². The summed E-state index contributed by atoms with van der Waals surface area (Å²) in [7, 11) is -1.98. The highest BCUT2D eigenvalue weighted by molar-refractivity contribution is 7.89. The number of allylic oxidation sites excluding steroid dienone is 1. The third-order valence-corrected chi connectivity index (χ3v) is 6.54. The summed E-state index contributed by atoms with van der Waals surface area (Å²) in [4.78, 5) is 14.8. The highest BCUT2D eigenvalue weighted by Crippen LogP contribution is 2.30. The summed E-state index contributed by atoms with van der Waals surface area (Å²) in [6, 6.07) is 11.5. The Hall–Kier alpha value is -4.10. The highest BCUT2D eigenvalue weighted by Gasteiger charge is 2.26. The molecule has 4 aromatic rings. The largest absolute Gasteiger partial charge is 0.322 e. The van der Waals surface area contributed by atoms with Crippen molar-refractivity contribution in [1.82, 2.24) is 30.4 Å². The number of primary sulfonamides is 1. The fourth-order valence-electron chi connectivity index (χ4n) is 3.72. The number of sulfonamides is 1. The Balaban J connectivity index is 1.44. The maximum Gasteiger partial charge on any atom is 0.255 e. The highest BCUT2D eigenvalue weighted by atomic mass is 32.2. The van der Waals surface area contributed by atoms with Crippen LogP contribution in [0.15, 0.2) is 58.6 Å². The number of anilines is 2. The summed E-state index contributed by atoms with van der Waals surface area (Å²) in [5.74, 6) is 0.310. The molecule has 0 bridgehead atoms. The Bertz CT molecular complexity index is 1530. The molecule has 5 rings (SSSR count). The van der Waals surface area contributed by atoms with Crippen molar-refractivity contribution in [2.45, 2.75) is 18.4 Å². The second-order valence-corrected chi connectivity index (χ2v) is 9.18. The average molecular weight is 465 g/mol. The topological polar surface area (TPSA) is 165 Å². The van der Waals surface area contributed by atoms with Crippen LogP contribution in [-0.2, 0) is 21.4 Å². The molecule has 168 valence electrons. The number of hydrogen-bond donors (Lipinski definition) is 3. The molecule has 0 fully saturated rings. The van der Waals surface area contributed by atoms with Gasteiger partial charge in [0.1, 0.15) is 0 Å². The molecule has 13 heteroatoms. The maximum absolute atomic E-state index is 13.0. The number of tetrazole rings is 1. The first-order valence-corrected chi connectivity index (χ1v) is 11.4. The number of amides is 1. The molecule has 0 spiro atoms. The van der Waals surface area contributed by atoms with Crippen molar-refractivity contribution in [3.63, 3.8) is 0 Å². The van der Waals surface area contributed by atoms with Crippen LogP contribution in [0.3, 0.4) is 0 Å². The number of nitrogens with zero attached hydrogens (tertiary/aromatic N) is 6. The predicted octanol–water partition coefficient (Wildman–Crippen LogP) is 1.23. The first-order valence-electron chi connectivity index (χ1n) is 9.85. The van der Waals surface area contributed by atoms with Crippen molar-refractivity contribution in [3.8, 4) is 11.3 Å². The van der Waals surface area contributed by atoms with Crippen LogP contribution in [0.2, 0.25) is 0 Å². The molecule has 0 saturated heterocycles. The second-order valence-electron chi connectivity index (χ2n) is 7.62. The van der Waals surface area contributed by atoms with Crippen molar-refractivity contribution in [2.75, 3.05) is 17.3 Å². The Morgan fingerprint density at radius 1 is 1.18 bits per heavy atom. The van der Waals surface area contributed by atoms with E-state index < -0.39 is 10.0 Å². The molecule has 3 heterocycles. The SMILES string of the molecule is CC1=C(C(=O)Nc2ccc3[nH]nc(-c4ccc(S(N)(=O)=O)cc4)c3c2)Cn2nnnc2N1C. The average Bonchev–Trinajstić information content (AvgIpc) is 3.42. The van der Waals surface area contributed by atoms with E-state index in [0.29, 0.717) is 28.5 Å². The van der Waals surface area contributed by atoms with Crippen LogP contribution in [0.5, 0.6) is 0 Å². The summed E-state index contributed by atoms with van der Waals surface area (Å²) in [5.41, 5.74) is 3.98. The summed E-state index contributed by atoms with van der Waals surface area (Å²) in [5, 5.41) is 27.7. The van der Waals surface area contributed by atoms with E-state index in [2.05, 4.69) is 31.0 Å². The molecule has 2 aromatic heterocycles. The number of hydrogen-bond acceptors (Lipinski definition) is 8. The van der Waals surface area contributed by atoms with Gasteiger partial charge in [-0.15, -0.1) is 0 Å². The van der Waals surface area contributed by atoms with E-state index in [1.165, 1.54) is 12.1 Å². The van der Waals surface area contributed by atoms with E-state index in [1.54, 1.807) is 34.8 Å². The lowest BCUT2D eigenvalue weighted by atomic mass is 10.1. The lowest BCUT2D eigenvalue weighted by molar-refractivity contribution is -0.113. The lowest BCUT2D eigenvalue weighted by Crippen LogP contribution is -2.32. The molecule has 1 amide bonds. The van der Waals surface area contributed by atoms with Crippen LogP contribution in [-0.4, -0.2) is 51.8 Å². The van der Waals surface area contributed by atoms with Gasteiger partial charge >= 0.3 is 0 Å². The van der Waals surface area contributed by atoms with E-state index in [9.17, 15) is 13.2 Å². The van der Waals surface area contributed by atoms with Gasteiger partial charge in [-0.05, 0) is 47.7 Å². The smallest absolute Gasteiger partial charge is 0.255 e. The van der Waals surface area contributed by atoms with Crippen molar-refractivity contribution in [2.24, 2.45) is 5.14 Å². The van der Waals surface area contributed by atoms with Gasteiger partial charge in [0, 0.05) is 29.4 Å². The van der Waals surface area contributed by atoms with Crippen molar-refractivity contribution < 1.29 is 13.2 Å². The zero-order valence-corrected chi connectivity index (χ0v) is 18.5. The number of H-pyrrole nitrogens is 1. The lowest BCUT2D eigenvalue weighted by Gasteiger charge is -2.26. The molecule has 0 aliphatic carbocycles. The molecule has 0 atom stereocenters. The van der Waals surface area contributed by atoms with E-state index >= 15 is 0 Å². The summed E-state index contributed by atoms with van der Waals surface area (Å²) in [6.45, 7) is 2.11. The third kappa shape index (κ3) is 3.62. The number of rotatable bonds is 4. The molecule has 0 saturated carbocycles. The zero-order chi connectivity index (χ0) is 23.3. The Morgan fingerprint density at radius 2 is 1.94 bits per heavy atom. The van der Waals surface area contributed by atoms with Crippen molar-refractivity contribution in [3.05, 3.63) is 53.7 Å². The predicted molar refractivity (Wildman–Crippen MR) is 120 cm³/mol. The summed E-state index contributed by atoms with van der Waals surface area (Å²) >= 11 is 0. The molecular formula is C20H19N9O3S. The minimum absolute atomic E-state index is 0.0193. The minimum atomic E-state index is -3.78. The molecular weight excluding hydrogens is 446 g/mol. The summed E-state index contributed by atoms with van der Waals surface area (Å²) < 4.78 is 24.6. The number of carbonyl (C=O) groups is 1. The van der Waals surface area contributed by atoms with E-state index in [4.69, 9.17) is 5.14 Å². The number of aromatic nitrogens is 6. The molecule has 12 nitrogen and oxygen atoms in total. The number of benzene rings is 2. The van der Waals surface area contributed by atoms with Crippen LogP contribution in [0.4, 0.5) is 11.6 Å². The number of fused-ring (bicyclic) bond motifs is 2. The van der Waals surface area contributed by atoms with E-state index in [1.807, 2.05) is 19.1 Å². The van der Waals surface area contributed by atoms with Gasteiger partial charge in [-0.25, -0.2) is 18.2 Å². The molecule has 1 aliphatic heterocycles. The van der Waals surface area contributed by atoms with Gasteiger partial charge in [0.2, 0.25) is 16.0 Å². The van der Waals surface area contributed by atoms with Crippen molar-refractivity contribution >= 4 is 38.5 Å². The first-order chi connectivity index (χ1) is 15.7. The monoisotopic (exact) mass is 465 g/mol. The number of aromatic amines is 1. The van der Waals surface area contributed by atoms with Gasteiger partial charge in [0.05, 0.1) is 28.2 Å². The fourth-order valence-corrected chi connectivity index (χ4v) is 4.23. The molecule has 2 aromatic carbocycles. The third-order valence-electron chi connectivity index (χ3n) is 5.61. The minimum Gasteiger partial charge on any atom is -0.322 e. The summed E-state index contributed by atoms with van der Waals surface area (Å²) in [6.07, 6.45) is 0. The standard InChI is InChI=1S/C20H19N9O3S/c1-11-16(10-29-20(28(11)2)25-26-27-29)19(30)22-13-5-8-17-15(9-13)18(24-23-17)12-3-6-14(7-4-12)33(21,31)32/h3-9H,10H2,1-2H3,(H,22,30)(H,23,24)(H2,21,31,32). The Kier molecular flexibility index (Phi) is 4.72. The van der Waals surface area contributed by atoms with Crippen LogP contribution >= 0.6 is 0 Å². The molecule has 0 unspecified atom stereocenters. The van der Waals surface area contributed by atoms with Gasteiger partial charge in [0.15, 0.2) is 0 Å². The number of carbonyl (C=O) groups excluding carboxylic acids is 1. The Labute approximate surface area is 188 Å². The molecule has 1 aliphatic rings. The molecule has 4 N–H and O–H groups in total. The fraction of sp³-hybridized carbons (Fsp3) is 0.150. The van der Waals surface area contributed by atoms with Crippen LogP contribution in [0.25, 0.3) is 22.2 Å².